The molecule has 2 fully saturated rings. The maximum atomic E-state index is 13.2. The van der Waals surface area contributed by atoms with Crippen molar-refractivity contribution in [1.82, 2.24) is 14.8 Å². The third-order valence-electron chi connectivity index (χ3n) is 4.71. The monoisotopic (exact) mass is 407 g/mol. The van der Waals surface area contributed by atoms with Crippen LogP contribution >= 0.6 is 11.8 Å². The predicted octanol–water partition coefficient (Wildman–Crippen LogP) is 3.05. The van der Waals surface area contributed by atoms with Crippen LogP contribution in [0.1, 0.15) is 44.5 Å². The number of ether oxygens (including phenoxy) is 2. The van der Waals surface area contributed by atoms with Crippen molar-refractivity contribution < 1.29 is 19.1 Å². The number of hydrogen-bond donors (Lipinski definition) is 0. The van der Waals surface area contributed by atoms with Gasteiger partial charge in [0, 0.05) is 37.6 Å². The molecule has 0 aliphatic carbocycles. The van der Waals surface area contributed by atoms with Crippen molar-refractivity contribution in [3.8, 4) is 5.88 Å². The second-order valence-corrected chi connectivity index (χ2v) is 9.38. The number of thioether (sulfide) groups is 1. The molecule has 0 N–H and O–H groups in total. The summed E-state index contributed by atoms with van der Waals surface area (Å²) >= 11 is 1.85. The second kappa shape index (κ2) is 8.59. The lowest BCUT2D eigenvalue weighted by Crippen LogP contribution is -2.56. The van der Waals surface area contributed by atoms with Crippen LogP contribution in [0.25, 0.3) is 0 Å². The number of amides is 2. The molecule has 7 nitrogen and oxygen atoms in total. The molecular weight excluding hydrogens is 378 g/mol. The van der Waals surface area contributed by atoms with Crippen molar-refractivity contribution in [3.05, 3.63) is 23.9 Å². The highest BCUT2D eigenvalue weighted by molar-refractivity contribution is 7.99. The van der Waals surface area contributed by atoms with Crippen LogP contribution in [0, 0.1) is 0 Å². The Morgan fingerprint density at radius 3 is 2.71 bits per heavy atom. The first kappa shape index (κ1) is 20.8. The topological polar surface area (TPSA) is 72.0 Å². The first-order chi connectivity index (χ1) is 13.2. The Bertz CT molecular complexity index is 716. The summed E-state index contributed by atoms with van der Waals surface area (Å²) in [6.07, 6.45) is 2.39. The van der Waals surface area contributed by atoms with Crippen molar-refractivity contribution in [1.29, 1.82) is 0 Å². The van der Waals surface area contributed by atoms with E-state index in [1.165, 1.54) is 0 Å². The van der Waals surface area contributed by atoms with Gasteiger partial charge in [-0.3, -0.25) is 4.79 Å². The van der Waals surface area contributed by atoms with Gasteiger partial charge in [-0.15, -0.1) is 0 Å². The highest BCUT2D eigenvalue weighted by Gasteiger charge is 2.34. The normalized spacial score (nSPS) is 22.9. The van der Waals surface area contributed by atoms with E-state index in [1.54, 1.807) is 28.1 Å². The molecule has 2 atom stereocenters. The van der Waals surface area contributed by atoms with E-state index in [-0.39, 0.29) is 24.1 Å². The molecule has 0 spiro atoms. The van der Waals surface area contributed by atoms with E-state index in [9.17, 15) is 9.59 Å². The second-order valence-electron chi connectivity index (χ2n) is 8.23. The number of rotatable bonds is 3. The number of piperazine rings is 1. The molecule has 28 heavy (non-hydrogen) atoms. The zero-order valence-corrected chi connectivity index (χ0v) is 17.8. The van der Waals surface area contributed by atoms with Crippen molar-refractivity contribution >= 4 is 23.8 Å². The molecule has 2 aliphatic rings. The summed E-state index contributed by atoms with van der Waals surface area (Å²) in [5, 5.41) is 0. The lowest BCUT2D eigenvalue weighted by molar-refractivity contribution is 0.00604. The first-order valence-electron chi connectivity index (χ1n) is 9.73. The molecule has 2 aliphatic heterocycles. The van der Waals surface area contributed by atoms with E-state index in [2.05, 4.69) is 4.98 Å². The Balaban J connectivity index is 1.66. The van der Waals surface area contributed by atoms with Crippen LogP contribution in [0.3, 0.4) is 0 Å². The Hall–Kier alpha value is -1.96. The standard InChI is InChI=1S/C20H29N3O4S/c1-14-12-22(19(25)27-20(2,3)4)9-10-23(14)18(24)16-6-5-8-21-17(16)26-15-7-11-28-13-15/h5-6,8,14-15H,7,9-13H2,1-4H3. The molecule has 3 rings (SSSR count). The van der Waals surface area contributed by atoms with Gasteiger partial charge in [-0.1, -0.05) is 0 Å². The van der Waals surface area contributed by atoms with Gasteiger partial charge >= 0.3 is 6.09 Å². The lowest BCUT2D eigenvalue weighted by atomic mass is 10.1. The first-order valence-corrected chi connectivity index (χ1v) is 10.9. The van der Waals surface area contributed by atoms with E-state index in [1.807, 2.05) is 39.5 Å². The fourth-order valence-electron chi connectivity index (χ4n) is 3.32. The number of nitrogens with zero attached hydrogens (tertiary/aromatic N) is 3. The maximum absolute atomic E-state index is 13.2. The third kappa shape index (κ3) is 5.10. The molecular formula is C20H29N3O4S. The van der Waals surface area contributed by atoms with Crippen molar-refractivity contribution in [2.75, 3.05) is 31.1 Å². The van der Waals surface area contributed by atoms with E-state index >= 15 is 0 Å². The van der Waals surface area contributed by atoms with Crippen molar-refractivity contribution in [2.45, 2.75) is 51.9 Å². The minimum Gasteiger partial charge on any atom is -0.473 e. The van der Waals surface area contributed by atoms with Crippen LogP contribution in [-0.2, 0) is 4.74 Å². The quantitative estimate of drug-likeness (QED) is 0.767. The molecule has 2 saturated heterocycles. The van der Waals surface area contributed by atoms with Gasteiger partial charge in [-0.05, 0) is 52.0 Å². The van der Waals surface area contributed by atoms with E-state index in [0.29, 0.717) is 31.1 Å². The largest absolute Gasteiger partial charge is 0.473 e. The number of pyridine rings is 1. The molecule has 2 unspecified atom stereocenters. The van der Waals surface area contributed by atoms with E-state index in [4.69, 9.17) is 9.47 Å². The summed E-state index contributed by atoms with van der Waals surface area (Å²) in [6.45, 7) is 8.82. The van der Waals surface area contributed by atoms with E-state index < -0.39 is 5.60 Å². The van der Waals surface area contributed by atoms with Gasteiger partial charge in [-0.2, -0.15) is 11.8 Å². The van der Waals surface area contributed by atoms with Crippen molar-refractivity contribution in [3.63, 3.8) is 0 Å². The maximum Gasteiger partial charge on any atom is 0.410 e. The summed E-state index contributed by atoms with van der Waals surface area (Å²) in [5.74, 6) is 2.30. The Morgan fingerprint density at radius 1 is 1.29 bits per heavy atom. The minimum atomic E-state index is -0.534. The molecule has 1 aromatic heterocycles. The fraction of sp³-hybridized carbons (Fsp3) is 0.650. The third-order valence-corrected chi connectivity index (χ3v) is 5.84. The van der Waals surface area contributed by atoms with Crippen molar-refractivity contribution in [2.24, 2.45) is 0 Å². The van der Waals surface area contributed by atoms with Gasteiger partial charge in [-0.25, -0.2) is 9.78 Å². The zero-order chi connectivity index (χ0) is 20.3. The van der Waals surface area contributed by atoms with Gasteiger partial charge < -0.3 is 19.3 Å². The highest BCUT2D eigenvalue weighted by Crippen LogP contribution is 2.26. The van der Waals surface area contributed by atoms with Crippen LogP contribution in [-0.4, -0.2) is 75.7 Å². The molecule has 154 valence electrons. The predicted molar refractivity (Wildman–Crippen MR) is 109 cm³/mol. The average molecular weight is 408 g/mol. The summed E-state index contributed by atoms with van der Waals surface area (Å²) in [4.78, 5) is 33.2. The number of carbonyl (C=O) groups excluding carboxylic acids is 2. The summed E-state index contributed by atoms with van der Waals surface area (Å²) < 4.78 is 11.5. The Morgan fingerprint density at radius 2 is 2.07 bits per heavy atom. The zero-order valence-electron chi connectivity index (χ0n) is 17.0. The summed E-state index contributed by atoms with van der Waals surface area (Å²) in [6, 6.07) is 3.40. The van der Waals surface area contributed by atoms with Gasteiger partial charge in [0.2, 0.25) is 5.88 Å². The molecule has 1 aromatic rings. The molecule has 0 saturated carbocycles. The molecule has 3 heterocycles. The smallest absolute Gasteiger partial charge is 0.410 e. The lowest BCUT2D eigenvalue weighted by Gasteiger charge is -2.40. The van der Waals surface area contributed by atoms with Gasteiger partial charge in [0.05, 0.1) is 0 Å². The van der Waals surface area contributed by atoms with Crippen LogP contribution < -0.4 is 4.74 Å². The van der Waals surface area contributed by atoms with Crippen LogP contribution in [0.2, 0.25) is 0 Å². The SMILES string of the molecule is CC1CN(C(=O)OC(C)(C)C)CCN1C(=O)c1cccnc1OC1CCSC1. The summed E-state index contributed by atoms with van der Waals surface area (Å²) in [5.41, 5.74) is -0.0507. The number of aromatic nitrogens is 1. The molecule has 0 bridgehead atoms. The fourth-order valence-corrected chi connectivity index (χ4v) is 4.41. The van der Waals surface area contributed by atoms with Gasteiger partial charge in [0.25, 0.3) is 5.91 Å². The Kier molecular flexibility index (Phi) is 6.37. The number of carbonyl (C=O) groups is 2. The molecule has 0 radical (unpaired) electrons. The Labute approximate surface area is 170 Å². The van der Waals surface area contributed by atoms with Crippen LogP contribution in [0.5, 0.6) is 5.88 Å². The van der Waals surface area contributed by atoms with Gasteiger partial charge in [0.1, 0.15) is 17.3 Å². The highest BCUT2D eigenvalue weighted by atomic mass is 32.2. The summed E-state index contributed by atoms with van der Waals surface area (Å²) in [7, 11) is 0. The van der Waals surface area contributed by atoms with Crippen LogP contribution in [0.15, 0.2) is 18.3 Å². The molecule has 8 heteroatoms. The van der Waals surface area contributed by atoms with Crippen LogP contribution in [0.4, 0.5) is 4.79 Å². The molecule has 2 amide bonds. The number of hydrogen-bond acceptors (Lipinski definition) is 6. The average Bonchev–Trinajstić information content (AvgIpc) is 3.13. The van der Waals surface area contributed by atoms with E-state index in [0.717, 1.165) is 17.9 Å². The minimum absolute atomic E-state index is 0.105. The molecule has 0 aromatic carbocycles. The van der Waals surface area contributed by atoms with Gasteiger partial charge in [0.15, 0.2) is 0 Å².